The van der Waals surface area contributed by atoms with Crippen LogP contribution in [0.2, 0.25) is 5.02 Å². The molecule has 2 heterocycles. The molecule has 316 valence electrons. The molecule has 4 saturated carbocycles. The van der Waals surface area contributed by atoms with E-state index in [2.05, 4.69) is 68.9 Å². The van der Waals surface area contributed by atoms with Crippen molar-refractivity contribution in [2.75, 3.05) is 44.3 Å². The number of aliphatic carboxylic acids is 1. The van der Waals surface area contributed by atoms with Crippen LogP contribution >= 0.6 is 11.6 Å². The minimum absolute atomic E-state index is 0.00205. The third kappa shape index (κ3) is 6.77. The molecule has 1 aromatic rings. The van der Waals surface area contributed by atoms with Crippen LogP contribution in [0.15, 0.2) is 41.6 Å². The number of ether oxygens (including phenoxy) is 1. The molecular formula is C47H70ClN3O5S. The van der Waals surface area contributed by atoms with Crippen molar-refractivity contribution in [1.29, 1.82) is 0 Å². The van der Waals surface area contributed by atoms with Gasteiger partial charge in [0.05, 0.1) is 11.5 Å². The van der Waals surface area contributed by atoms with Crippen LogP contribution in [0, 0.1) is 56.7 Å². The van der Waals surface area contributed by atoms with Crippen molar-refractivity contribution < 1.29 is 23.1 Å². The second-order valence-electron chi connectivity index (χ2n) is 21.1. The molecule has 10 atom stereocenters. The van der Waals surface area contributed by atoms with Crippen molar-refractivity contribution >= 4 is 27.4 Å². The van der Waals surface area contributed by atoms with E-state index in [4.69, 9.17) is 16.3 Å². The van der Waals surface area contributed by atoms with Gasteiger partial charge in [-0.3, -0.25) is 4.79 Å². The van der Waals surface area contributed by atoms with Crippen molar-refractivity contribution in [3.63, 3.8) is 0 Å². The van der Waals surface area contributed by atoms with Crippen molar-refractivity contribution in [3.8, 4) is 5.88 Å². The largest absolute Gasteiger partial charge is 0.481 e. The van der Waals surface area contributed by atoms with E-state index >= 15 is 0 Å². The van der Waals surface area contributed by atoms with E-state index in [1.807, 2.05) is 0 Å². The fourth-order valence-corrected chi connectivity index (χ4v) is 16.8. The van der Waals surface area contributed by atoms with Crippen LogP contribution in [0.4, 0.5) is 0 Å². The second kappa shape index (κ2) is 14.9. The molecule has 5 fully saturated rings. The first-order chi connectivity index (χ1) is 26.9. The number of fused-ring (bicyclic) bond motifs is 7. The van der Waals surface area contributed by atoms with Gasteiger partial charge in [-0.2, -0.15) is 0 Å². The number of rotatable bonds is 10. The Morgan fingerprint density at radius 1 is 0.965 bits per heavy atom. The number of sulfone groups is 1. The van der Waals surface area contributed by atoms with Crippen LogP contribution in [0.1, 0.15) is 125 Å². The van der Waals surface area contributed by atoms with Gasteiger partial charge in [0.2, 0.25) is 5.88 Å². The first kappa shape index (κ1) is 41.8. The summed E-state index contributed by atoms with van der Waals surface area (Å²) in [5.41, 5.74) is 2.83. The molecular weight excluding hydrogens is 754 g/mol. The molecule has 2 N–H and O–H groups in total. The molecule has 0 bridgehead atoms. The maximum atomic E-state index is 12.8. The lowest BCUT2D eigenvalue weighted by Gasteiger charge is -2.72. The zero-order valence-electron chi connectivity index (χ0n) is 35.7. The lowest BCUT2D eigenvalue weighted by atomic mass is 9.33. The maximum Gasteiger partial charge on any atom is 0.313 e. The first-order valence-electron chi connectivity index (χ1n) is 22.5. The summed E-state index contributed by atoms with van der Waals surface area (Å²) in [6.07, 6.45) is 20.9. The molecule has 0 aromatic carbocycles. The Morgan fingerprint density at radius 2 is 1.74 bits per heavy atom. The lowest BCUT2D eigenvalue weighted by Crippen LogP contribution is -2.68. The predicted octanol–water partition coefficient (Wildman–Crippen LogP) is 9.40. The Labute approximate surface area is 348 Å². The number of hydrogen-bond donors (Lipinski definition) is 2. The minimum atomic E-state index is -2.86. The van der Waals surface area contributed by atoms with Gasteiger partial charge in [-0.05, 0) is 152 Å². The summed E-state index contributed by atoms with van der Waals surface area (Å²) in [5, 5.41) is 15.1. The minimum Gasteiger partial charge on any atom is -0.481 e. The van der Waals surface area contributed by atoms with Crippen LogP contribution in [0.5, 0.6) is 5.88 Å². The van der Waals surface area contributed by atoms with Gasteiger partial charge in [-0.1, -0.05) is 71.7 Å². The van der Waals surface area contributed by atoms with E-state index in [9.17, 15) is 18.3 Å². The lowest BCUT2D eigenvalue weighted by molar-refractivity contribution is -0.222. The highest BCUT2D eigenvalue weighted by atomic mass is 35.5. The number of nitrogens with one attached hydrogen (secondary N) is 1. The van der Waals surface area contributed by atoms with Crippen LogP contribution in [-0.2, 0) is 14.6 Å². The van der Waals surface area contributed by atoms with Gasteiger partial charge in [0.25, 0.3) is 0 Å². The molecule has 57 heavy (non-hydrogen) atoms. The number of aromatic nitrogens is 1. The van der Waals surface area contributed by atoms with Crippen molar-refractivity contribution in [2.24, 2.45) is 56.7 Å². The third-order valence-corrected chi connectivity index (χ3v) is 20.5. The quantitative estimate of drug-likeness (QED) is 0.241. The number of carboxylic acid groups (broad SMARTS) is 1. The van der Waals surface area contributed by atoms with E-state index in [1.54, 1.807) is 18.3 Å². The molecule has 0 spiro atoms. The number of halogens is 1. The Balaban J connectivity index is 0.997. The predicted molar refractivity (Wildman–Crippen MR) is 228 cm³/mol. The summed E-state index contributed by atoms with van der Waals surface area (Å²) in [4.78, 5) is 19.3. The highest BCUT2D eigenvalue weighted by Gasteiger charge is 2.70. The highest BCUT2D eigenvalue weighted by molar-refractivity contribution is 7.91. The number of allylic oxidation sites excluding steroid dienone is 4. The molecule has 1 saturated heterocycles. The van der Waals surface area contributed by atoms with Gasteiger partial charge in [-0.25, -0.2) is 13.4 Å². The molecule has 1 aromatic heterocycles. The van der Waals surface area contributed by atoms with Gasteiger partial charge < -0.3 is 20.1 Å². The first-order valence-corrected chi connectivity index (χ1v) is 24.7. The summed E-state index contributed by atoms with van der Waals surface area (Å²) < 4.78 is 30.1. The van der Waals surface area contributed by atoms with E-state index in [1.165, 1.54) is 68.9 Å². The monoisotopic (exact) mass is 823 g/mol. The summed E-state index contributed by atoms with van der Waals surface area (Å²) >= 11 is 6.30. The van der Waals surface area contributed by atoms with Crippen LogP contribution < -0.4 is 10.1 Å². The summed E-state index contributed by atoms with van der Waals surface area (Å²) in [6.45, 7) is 18.9. The van der Waals surface area contributed by atoms with Gasteiger partial charge in [-0.15, -0.1) is 0 Å². The van der Waals surface area contributed by atoms with E-state index in [0.717, 1.165) is 37.8 Å². The van der Waals surface area contributed by atoms with Crippen molar-refractivity contribution in [1.82, 2.24) is 15.2 Å². The molecule has 8 nitrogen and oxygen atoms in total. The maximum absolute atomic E-state index is 12.8. The number of carbonyl (C=O) groups is 1. The van der Waals surface area contributed by atoms with Gasteiger partial charge in [0, 0.05) is 37.9 Å². The van der Waals surface area contributed by atoms with E-state index < -0.39 is 21.2 Å². The normalized spacial score (nSPS) is 42.4. The highest BCUT2D eigenvalue weighted by Crippen LogP contribution is 2.76. The van der Waals surface area contributed by atoms with Crippen molar-refractivity contribution in [2.45, 2.75) is 131 Å². The Kier molecular flexibility index (Phi) is 10.9. The average Bonchev–Trinajstić information content (AvgIpc) is 3.54. The van der Waals surface area contributed by atoms with Crippen LogP contribution in [-0.4, -0.2) is 79.2 Å². The molecule has 0 radical (unpaired) electrons. The molecule has 0 amide bonds. The van der Waals surface area contributed by atoms with Gasteiger partial charge in [0.15, 0.2) is 9.84 Å². The van der Waals surface area contributed by atoms with Crippen LogP contribution in [0.25, 0.3) is 0 Å². The molecule has 8 rings (SSSR count). The number of pyridine rings is 1. The zero-order chi connectivity index (χ0) is 40.6. The number of nitrogens with zero attached hydrogens (tertiary/aromatic N) is 2. The molecule has 7 aliphatic rings. The fraction of sp³-hybridized carbons (Fsp3) is 0.787. The van der Waals surface area contributed by atoms with E-state index in [-0.39, 0.29) is 28.4 Å². The smallest absolute Gasteiger partial charge is 0.313 e. The summed E-state index contributed by atoms with van der Waals surface area (Å²) in [6, 6.07) is 3.46. The fourth-order valence-electron chi connectivity index (χ4n) is 15.3. The molecule has 0 unspecified atom stereocenters. The Morgan fingerprint density at radius 3 is 2.42 bits per heavy atom. The Bertz CT molecular complexity index is 1890. The number of hydrogen-bond acceptors (Lipinski definition) is 7. The van der Waals surface area contributed by atoms with Crippen LogP contribution in [0.3, 0.4) is 0 Å². The molecule has 10 heteroatoms. The summed E-state index contributed by atoms with van der Waals surface area (Å²) in [5.74, 6) is 3.55. The van der Waals surface area contributed by atoms with Crippen molar-refractivity contribution in [3.05, 3.63) is 46.7 Å². The standard InChI is InChI=1S/C47H70ClN3O5S/c1-7-32-14-21-47(50-25-26-51-27-29-57(54,55)30-28-51)23-22-44(5)35(39(32)47)10-11-38-43(4)17-15-34(42(2,3)37(43)16-18-45(38,44)6)33-12-19-46(20-13-33,41(52)53)31-56-40-36(48)9-8-24-49-40/h8-9,12,15,24,32,35,37-39,50H,7,10-11,13-14,16-23,25-31H2,1-6H3,(H,52,53)/t32-,35-,37+,38-,39-,43+,44-,45-,46+,47+/m1/s1. The van der Waals surface area contributed by atoms with Gasteiger partial charge >= 0.3 is 5.97 Å². The number of carboxylic acids is 1. The molecule has 6 aliphatic carbocycles. The Hall–Kier alpha value is -1.94. The topological polar surface area (TPSA) is 109 Å². The zero-order valence-corrected chi connectivity index (χ0v) is 37.2. The second-order valence-corrected chi connectivity index (χ2v) is 23.8. The van der Waals surface area contributed by atoms with Gasteiger partial charge in [0.1, 0.15) is 17.0 Å². The summed E-state index contributed by atoms with van der Waals surface area (Å²) in [7, 11) is -2.86. The third-order valence-electron chi connectivity index (χ3n) is 18.6. The molecule has 1 aliphatic heterocycles. The SMILES string of the molecule is CC[C@@H]1CC[C@]2(NCCN3CCS(=O)(=O)CC3)CC[C@]3(C)[C@H](CC[C@@H]4[C@@]5(C)CC=C(C6=CC[C@](COc7ncccc7Cl)(C(=O)O)CC6)C(C)(C)[C@@H]5CC[C@]43C)[C@@H]12. The average molecular weight is 825 g/mol. The van der Waals surface area contributed by atoms with E-state index in [0.29, 0.717) is 71.5 Å².